The third-order valence-electron chi connectivity index (χ3n) is 8.31. The zero-order chi connectivity index (χ0) is 32.0. The largest absolute Gasteiger partial charge is 0.496 e. The SMILES string of the molecule is COc1cc(Cl)ccc1COc1nc2c(cc1C(F)(F)F)CCN(Cc1nc3ccc(C(=O)O)c(F)c3n1C[C@@H]1CCO1)[C@H]2C. The van der Waals surface area contributed by atoms with Crippen LogP contribution >= 0.6 is 11.6 Å². The molecule has 4 heterocycles. The van der Waals surface area contributed by atoms with Crippen molar-refractivity contribution in [1.82, 2.24) is 19.4 Å². The Kier molecular flexibility index (Phi) is 8.35. The standard InChI is InChI=1S/C31H29ClF4N4O5/c1-16-27-17(11-22(31(34,35)36)29(38-27)45-15-18-3-4-19(32)12-24(18)43-2)7-9-39(16)14-25-37-23-6-5-21(30(41)42)26(33)28(23)40(25)13-20-8-10-44-20/h3-6,11-12,16,20H,7-10,13-15H2,1-2H3,(H,41,42)/t16-,20-/m0/s1. The van der Waals surface area contributed by atoms with Gasteiger partial charge in [0.2, 0.25) is 5.88 Å². The summed E-state index contributed by atoms with van der Waals surface area (Å²) >= 11 is 6.02. The number of halogens is 5. The normalized spacial score (nSPS) is 18.5. The maximum atomic E-state index is 15.4. The molecule has 0 amide bonds. The number of pyridine rings is 1. The Morgan fingerprint density at radius 2 is 1.98 bits per heavy atom. The first kappa shape index (κ1) is 31.1. The average molecular weight is 649 g/mol. The van der Waals surface area contributed by atoms with Gasteiger partial charge in [0, 0.05) is 23.7 Å². The smallest absolute Gasteiger partial charge is 0.421 e. The van der Waals surface area contributed by atoms with Crippen molar-refractivity contribution in [3.05, 3.63) is 81.0 Å². The number of fused-ring (bicyclic) bond motifs is 2. The number of carboxylic acid groups (broad SMARTS) is 1. The highest BCUT2D eigenvalue weighted by molar-refractivity contribution is 6.30. The molecule has 2 aliphatic rings. The predicted octanol–water partition coefficient (Wildman–Crippen LogP) is 6.44. The van der Waals surface area contributed by atoms with Crippen molar-refractivity contribution in [3.63, 3.8) is 0 Å². The van der Waals surface area contributed by atoms with Crippen molar-refractivity contribution < 1.29 is 41.7 Å². The molecule has 9 nitrogen and oxygen atoms in total. The fraction of sp³-hybridized carbons (Fsp3) is 0.387. The van der Waals surface area contributed by atoms with Crippen molar-refractivity contribution in [2.45, 2.75) is 57.8 Å². The predicted molar refractivity (Wildman–Crippen MR) is 155 cm³/mol. The van der Waals surface area contributed by atoms with E-state index in [2.05, 4.69) is 9.97 Å². The molecule has 0 unspecified atom stereocenters. The first-order chi connectivity index (χ1) is 21.4. The lowest BCUT2D eigenvalue weighted by Gasteiger charge is -2.35. The van der Waals surface area contributed by atoms with Crippen LogP contribution in [0.1, 0.15) is 58.0 Å². The molecule has 4 aromatic rings. The van der Waals surface area contributed by atoms with Gasteiger partial charge in [0.15, 0.2) is 5.82 Å². The van der Waals surface area contributed by atoms with Gasteiger partial charge >= 0.3 is 12.1 Å². The molecule has 0 bridgehead atoms. The monoisotopic (exact) mass is 648 g/mol. The van der Waals surface area contributed by atoms with Crippen LogP contribution in [-0.4, -0.2) is 56.9 Å². The minimum absolute atomic E-state index is 0.0757. The van der Waals surface area contributed by atoms with E-state index >= 15 is 4.39 Å². The van der Waals surface area contributed by atoms with Crippen LogP contribution in [0.5, 0.6) is 11.6 Å². The van der Waals surface area contributed by atoms with Crippen LogP contribution in [0, 0.1) is 5.82 Å². The number of aromatic carboxylic acids is 1. The first-order valence-electron chi connectivity index (χ1n) is 14.3. The number of carboxylic acids is 1. The van der Waals surface area contributed by atoms with Crippen molar-refractivity contribution in [1.29, 1.82) is 0 Å². The van der Waals surface area contributed by atoms with Crippen molar-refractivity contribution in [2.75, 3.05) is 20.3 Å². The molecule has 2 atom stereocenters. The number of carbonyl (C=O) groups is 1. The van der Waals surface area contributed by atoms with E-state index in [9.17, 15) is 23.1 Å². The Hall–Kier alpha value is -3.94. The molecule has 1 N–H and O–H groups in total. The van der Waals surface area contributed by atoms with Crippen molar-refractivity contribution >= 4 is 28.6 Å². The van der Waals surface area contributed by atoms with Gasteiger partial charge in [0.1, 0.15) is 29.3 Å². The van der Waals surface area contributed by atoms with Crippen molar-refractivity contribution in [2.24, 2.45) is 0 Å². The number of benzene rings is 2. The Labute approximate surface area is 260 Å². The van der Waals surface area contributed by atoms with Crippen LogP contribution in [0.15, 0.2) is 36.4 Å². The molecule has 45 heavy (non-hydrogen) atoms. The molecular weight excluding hydrogens is 620 g/mol. The summed E-state index contributed by atoms with van der Waals surface area (Å²) in [5.41, 5.74) is 0.328. The fourth-order valence-electron chi connectivity index (χ4n) is 5.78. The topological polar surface area (TPSA) is 98.9 Å². The summed E-state index contributed by atoms with van der Waals surface area (Å²) in [6, 6.07) is 8.05. The Morgan fingerprint density at radius 1 is 1.20 bits per heavy atom. The van der Waals surface area contributed by atoms with Crippen LogP contribution in [0.4, 0.5) is 17.6 Å². The average Bonchev–Trinajstić information content (AvgIpc) is 3.32. The quantitative estimate of drug-likeness (QED) is 0.207. The number of ether oxygens (including phenoxy) is 3. The number of aromatic nitrogens is 3. The molecule has 6 rings (SSSR count). The minimum Gasteiger partial charge on any atom is -0.496 e. The molecule has 2 aromatic heterocycles. The molecule has 1 saturated heterocycles. The lowest BCUT2D eigenvalue weighted by Crippen LogP contribution is -2.36. The molecule has 2 aliphatic heterocycles. The van der Waals surface area contributed by atoms with E-state index in [-0.39, 0.29) is 37.7 Å². The summed E-state index contributed by atoms with van der Waals surface area (Å²) in [7, 11) is 1.43. The Balaban J connectivity index is 1.32. The van der Waals surface area contributed by atoms with Gasteiger partial charge in [-0.25, -0.2) is 19.2 Å². The van der Waals surface area contributed by atoms with E-state index in [1.54, 1.807) is 22.8 Å². The van der Waals surface area contributed by atoms with Gasteiger partial charge in [-0.05, 0) is 55.7 Å². The van der Waals surface area contributed by atoms with E-state index in [4.69, 9.17) is 25.8 Å². The summed E-state index contributed by atoms with van der Waals surface area (Å²) in [4.78, 5) is 22.7. The molecule has 0 spiro atoms. The second-order valence-electron chi connectivity index (χ2n) is 11.0. The highest BCUT2D eigenvalue weighted by Gasteiger charge is 2.39. The lowest BCUT2D eigenvalue weighted by molar-refractivity contribution is -0.139. The molecule has 0 radical (unpaired) electrons. The summed E-state index contributed by atoms with van der Waals surface area (Å²) in [6.07, 6.45) is -3.82. The number of methoxy groups -OCH3 is 1. The van der Waals surface area contributed by atoms with Gasteiger partial charge in [-0.2, -0.15) is 13.2 Å². The number of imidazole rings is 1. The van der Waals surface area contributed by atoms with Crippen LogP contribution < -0.4 is 9.47 Å². The second-order valence-corrected chi connectivity index (χ2v) is 11.5. The fourth-order valence-corrected chi connectivity index (χ4v) is 5.95. The number of hydrogen-bond donors (Lipinski definition) is 1. The van der Waals surface area contributed by atoms with E-state index in [0.717, 1.165) is 12.5 Å². The third kappa shape index (κ3) is 6.03. The van der Waals surface area contributed by atoms with Gasteiger partial charge in [-0.15, -0.1) is 0 Å². The molecule has 1 fully saturated rings. The number of hydrogen-bond acceptors (Lipinski definition) is 7. The summed E-state index contributed by atoms with van der Waals surface area (Å²) in [6.45, 7) is 3.06. The zero-order valence-corrected chi connectivity index (χ0v) is 25.1. The molecule has 14 heteroatoms. The van der Waals surface area contributed by atoms with E-state index in [1.807, 2.05) is 11.8 Å². The van der Waals surface area contributed by atoms with Gasteiger partial charge in [-0.3, -0.25) is 4.90 Å². The summed E-state index contributed by atoms with van der Waals surface area (Å²) in [5, 5.41) is 9.89. The molecular formula is C31H29ClF4N4O5. The van der Waals surface area contributed by atoms with E-state index in [1.165, 1.54) is 19.2 Å². The second kappa shape index (κ2) is 12.1. The molecule has 0 saturated carbocycles. The number of alkyl halides is 3. The molecule has 2 aromatic carbocycles. The van der Waals surface area contributed by atoms with Crippen LogP contribution in [0.25, 0.3) is 11.0 Å². The van der Waals surface area contributed by atoms with Crippen LogP contribution in [-0.2, 0) is 37.0 Å². The summed E-state index contributed by atoms with van der Waals surface area (Å²) < 4.78 is 76.0. The zero-order valence-electron chi connectivity index (χ0n) is 24.3. The van der Waals surface area contributed by atoms with E-state index < -0.39 is 41.0 Å². The van der Waals surface area contributed by atoms with Gasteiger partial charge in [-0.1, -0.05) is 17.7 Å². The third-order valence-corrected chi connectivity index (χ3v) is 8.55. The Morgan fingerprint density at radius 3 is 2.64 bits per heavy atom. The Bertz CT molecular complexity index is 1780. The maximum absolute atomic E-state index is 15.4. The number of rotatable bonds is 9. The highest BCUT2D eigenvalue weighted by Crippen LogP contribution is 2.40. The first-order valence-corrected chi connectivity index (χ1v) is 14.6. The lowest BCUT2D eigenvalue weighted by atomic mass is 9.97. The van der Waals surface area contributed by atoms with Gasteiger partial charge in [0.25, 0.3) is 0 Å². The van der Waals surface area contributed by atoms with Crippen LogP contribution in [0.3, 0.4) is 0 Å². The summed E-state index contributed by atoms with van der Waals surface area (Å²) in [5.74, 6) is -1.96. The molecule has 238 valence electrons. The van der Waals surface area contributed by atoms with Crippen molar-refractivity contribution in [3.8, 4) is 11.6 Å². The van der Waals surface area contributed by atoms with Crippen LogP contribution in [0.2, 0.25) is 5.02 Å². The highest BCUT2D eigenvalue weighted by atomic mass is 35.5. The minimum atomic E-state index is -4.70. The molecule has 0 aliphatic carbocycles. The number of nitrogens with zero attached hydrogens (tertiary/aromatic N) is 4. The maximum Gasteiger partial charge on any atom is 0.421 e. The van der Waals surface area contributed by atoms with Gasteiger partial charge < -0.3 is 23.9 Å². The van der Waals surface area contributed by atoms with Gasteiger partial charge in [0.05, 0.1) is 49.1 Å². The van der Waals surface area contributed by atoms with E-state index in [0.29, 0.717) is 52.1 Å².